The highest BCUT2D eigenvalue weighted by atomic mass is 79.9. The zero-order valence-electron chi connectivity index (χ0n) is 10.2. The van der Waals surface area contributed by atoms with Crippen molar-refractivity contribution in [3.05, 3.63) is 28.7 Å². The largest absolute Gasteiger partial charge is 0.244 e. The molecule has 0 radical (unpaired) electrons. The lowest BCUT2D eigenvalue weighted by Crippen LogP contribution is -2.32. The summed E-state index contributed by atoms with van der Waals surface area (Å²) in [6.45, 7) is 5.10. The van der Waals surface area contributed by atoms with Crippen LogP contribution in [-0.2, 0) is 10.0 Å². The van der Waals surface area contributed by atoms with Crippen molar-refractivity contribution in [2.45, 2.75) is 31.6 Å². The molecule has 0 saturated carbocycles. The van der Waals surface area contributed by atoms with Gasteiger partial charge in [-0.05, 0) is 40.9 Å². The van der Waals surface area contributed by atoms with Crippen molar-refractivity contribution >= 4 is 26.0 Å². The number of hydrogen-bond donors (Lipinski definition) is 0. The van der Waals surface area contributed by atoms with Gasteiger partial charge < -0.3 is 0 Å². The SMILES string of the molecule is CCCN(CCC)S(=O)(=O)c1ccccc1Br. The zero-order valence-corrected chi connectivity index (χ0v) is 12.6. The summed E-state index contributed by atoms with van der Waals surface area (Å²) in [6.07, 6.45) is 1.65. The fourth-order valence-corrected chi connectivity index (χ4v) is 4.23. The molecule has 0 aliphatic carbocycles. The average Bonchev–Trinajstić information content (AvgIpc) is 2.29. The van der Waals surface area contributed by atoms with Crippen LogP contribution in [0, 0.1) is 0 Å². The monoisotopic (exact) mass is 319 g/mol. The van der Waals surface area contributed by atoms with Gasteiger partial charge in [-0.15, -0.1) is 0 Å². The summed E-state index contributed by atoms with van der Waals surface area (Å²) >= 11 is 3.30. The van der Waals surface area contributed by atoms with Crippen LogP contribution in [-0.4, -0.2) is 25.8 Å². The summed E-state index contributed by atoms with van der Waals surface area (Å²) in [7, 11) is -3.37. The average molecular weight is 320 g/mol. The fraction of sp³-hybridized carbons (Fsp3) is 0.500. The number of nitrogens with zero attached hydrogens (tertiary/aromatic N) is 1. The molecule has 0 spiro atoms. The van der Waals surface area contributed by atoms with Gasteiger partial charge >= 0.3 is 0 Å². The third-order valence-electron chi connectivity index (χ3n) is 2.40. The Morgan fingerprint density at radius 3 is 2.12 bits per heavy atom. The maximum absolute atomic E-state index is 12.4. The van der Waals surface area contributed by atoms with Gasteiger partial charge in [-0.2, -0.15) is 4.31 Å². The summed E-state index contributed by atoms with van der Waals surface area (Å²) in [5, 5.41) is 0. The van der Waals surface area contributed by atoms with Crippen molar-refractivity contribution in [3.63, 3.8) is 0 Å². The molecule has 17 heavy (non-hydrogen) atoms. The van der Waals surface area contributed by atoms with Gasteiger partial charge in [0, 0.05) is 17.6 Å². The van der Waals surface area contributed by atoms with Crippen molar-refractivity contribution in [1.29, 1.82) is 0 Å². The van der Waals surface area contributed by atoms with Crippen LogP contribution < -0.4 is 0 Å². The van der Waals surface area contributed by atoms with E-state index in [1.54, 1.807) is 22.5 Å². The van der Waals surface area contributed by atoms with Gasteiger partial charge in [0.2, 0.25) is 10.0 Å². The smallest absolute Gasteiger partial charge is 0.207 e. The van der Waals surface area contributed by atoms with Crippen molar-refractivity contribution in [2.24, 2.45) is 0 Å². The molecule has 0 aromatic heterocycles. The van der Waals surface area contributed by atoms with E-state index in [4.69, 9.17) is 0 Å². The molecule has 1 rings (SSSR count). The second-order valence-electron chi connectivity index (χ2n) is 3.83. The molecule has 0 bridgehead atoms. The number of sulfonamides is 1. The maximum atomic E-state index is 12.4. The Hall–Kier alpha value is -0.390. The van der Waals surface area contributed by atoms with Crippen LogP contribution in [0.4, 0.5) is 0 Å². The molecule has 0 amide bonds. The molecule has 5 heteroatoms. The van der Waals surface area contributed by atoms with Gasteiger partial charge in [0.05, 0.1) is 4.90 Å². The lowest BCUT2D eigenvalue weighted by atomic mass is 10.4. The molecule has 1 aromatic rings. The van der Waals surface area contributed by atoms with Gasteiger partial charge in [-0.3, -0.25) is 0 Å². The van der Waals surface area contributed by atoms with Gasteiger partial charge in [0.15, 0.2) is 0 Å². The molecule has 1 aromatic carbocycles. The van der Waals surface area contributed by atoms with E-state index >= 15 is 0 Å². The van der Waals surface area contributed by atoms with Gasteiger partial charge in [0.25, 0.3) is 0 Å². The predicted molar refractivity (Wildman–Crippen MR) is 73.5 cm³/mol. The Bertz CT molecular complexity index is 453. The summed E-state index contributed by atoms with van der Waals surface area (Å²) < 4.78 is 27.0. The van der Waals surface area contributed by atoms with E-state index in [0.29, 0.717) is 22.5 Å². The molecule has 0 heterocycles. The summed E-state index contributed by atoms with van der Waals surface area (Å²) in [4.78, 5) is 0.349. The van der Waals surface area contributed by atoms with Crippen LogP contribution in [0.1, 0.15) is 26.7 Å². The number of hydrogen-bond acceptors (Lipinski definition) is 2. The fourth-order valence-electron chi connectivity index (χ4n) is 1.64. The lowest BCUT2D eigenvalue weighted by molar-refractivity contribution is 0.409. The molecule has 3 nitrogen and oxygen atoms in total. The van der Waals surface area contributed by atoms with Crippen LogP contribution in [0.2, 0.25) is 0 Å². The van der Waals surface area contributed by atoms with Crippen molar-refractivity contribution in [3.8, 4) is 0 Å². The van der Waals surface area contributed by atoms with Crippen molar-refractivity contribution in [1.82, 2.24) is 4.31 Å². The topological polar surface area (TPSA) is 37.4 Å². The third-order valence-corrected chi connectivity index (χ3v) is 5.31. The van der Waals surface area contributed by atoms with Crippen molar-refractivity contribution < 1.29 is 8.42 Å². The molecule has 0 atom stereocenters. The molecule has 96 valence electrons. The third kappa shape index (κ3) is 3.53. The summed E-state index contributed by atoms with van der Waals surface area (Å²) in [5.74, 6) is 0. The molecule has 0 aliphatic heterocycles. The van der Waals surface area contributed by atoms with E-state index < -0.39 is 10.0 Å². The molecule has 0 saturated heterocycles. The molecule has 0 aliphatic rings. The lowest BCUT2D eigenvalue weighted by Gasteiger charge is -2.21. The normalized spacial score (nSPS) is 12.0. The standard InChI is InChI=1S/C12H18BrNO2S/c1-3-9-14(10-4-2)17(15,16)12-8-6-5-7-11(12)13/h5-8H,3-4,9-10H2,1-2H3. The van der Waals surface area contributed by atoms with E-state index in [0.717, 1.165) is 12.8 Å². The summed E-state index contributed by atoms with van der Waals surface area (Å²) in [6, 6.07) is 6.95. The Morgan fingerprint density at radius 2 is 1.65 bits per heavy atom. The first-order chi connectivity index (χ1) is 8.04. The minimum absolute atomic E-state index is 0.349. The molecule has 0 unspecified atom stereocenters. The van der Waals surface area contributed by atoms with Gasteiger partial charge in [0.1, 0.15) is 0 Å². The Balaban J connectivity index is 3.12. The minimum atomic E-state index is -3.37. The highest BCUT2D eigenvalue weighted by Gasteiger charge is 2.24. The molecule has 0 N–H and O–H groups in total. The quantitative estimate of drug-likeness (QED) is 0.807. The van der Waals surface area contributed by atoms with E-state index in [1.165, 1.54) is 0 Å². The van der Waals surface area contributed by atoms with E-state index in [-0.39, 0.29) is 0 Å². The van der Waals surface area contributed by atoms with Crippen molar-refractivity contribution in [2.75, 3.05) is 13.1 Å². The second-order valence-corrected chi connectivity index (χ2v) is 6.60. The maximum Gasteiger partial charge on any atom is 0.244 e. The van der Waals surface area contributed by atoms with Crippen LogP contribution in [0.3, 0.4) is 0 Å². The second kappa shape index (κ2) is 6.52. The highest BCUT2D eigenvalue weighted by molar-refractivity contribution is 9.10. The zero-order chi connectivity index (χ0) is 12.9. The Morgan fingerprint density at radius 1 is 1.12 bits per heavy atom. The Labute approximate surface area is 112 Å². The van der Waals surface area contributed by atoms with Crippen LogP contribution in [0.5, 0.6) is 0 Å². The number of benzene rings is 1. The first-order valence-electron chi connectivity index (χ1n) is 5.78. The van der Waals surface area contributed by atoms with E-state index in [2.05, 4.69) is 15.9 Å². The van der Waals surface area contributed by atoms with Gasteiger partial charge in [-0.25, -0.2) is 8.42 Å². The van der Waals surface area contributed by atoms with Gasteiger partial charge in [-0.1, -0.05) is 26.0 Å². The van der Waals surface area contributed by atoms with E-state index in [9.17, 15) is 8.42 Å². The summed E-state index contributed by atoms with van der Waals surface area (Å²) in [5.41, 5.74) is 0. The van der Waals surface area contributed by atoms with Crippen LogP contribution >= 0.6 is 15.9 Å². The predicted octanol–water partition coefficient (Wildman–Crippen LogP) is 3.26. The van der Waals surface area contributed by atoms with E-state index in [1.807, 2.05) is 19.9 Å². The number of rotatable bonds is 6. The molecular formula is C12H18BrNO2S. The minimum Gasteiger partial charge on any atom is -0.207 e. The van der Waals surface area contributed by atoms with Crippen LogP contribution in [0.25, 0.3) is 0 Å². The number of halogens is 1. The van der Waals surface area contributed by atoms with Crippen LogP contribution in [0.15, 0.2) is 33.6 Å². The highest BCUT2D eigenvalue weighted by Crippen LogP contribution is 2.24. The Kier molecular flexibility index (Phi) is 5.62. The first-order valence-corrected chi connectivity index (χ1v) is 8.02. The first kappa shape index (κ1) is 14.7. The molecular weight excluding hydrogens is 302 g/mol. The molecule has 0 fully saturated rings.